The van der Waals surface area contributed by atoms with Gasteiger partial charge in [-0.15, -0.1) is 0 Å². The number of carbonyl (C=O) groups is 2. The van der Waals surface area contributed by atoms with Gasteiger partial charge in [-0.05, 0) is 38.2 Å². The lowest BCUT2D eigenvalue weighted by atomic mass is 9.80. The molecule has 27 heavy (non-hydrogen) atoms. The highest BCUT2D eigenvalue weighted by atomic mass is 16.6. The molecule has 0 heterocycles. The summed E-state index contributed by atoms with van der Waals surface area (Å²) in [6.07, 6.45) is 2.31. The molecule has 0 radical (unpaired) electrons. The van der Waals surface area contributed by atoms with Crippen molar-refractivity contribution >= 4 is 24.6 Å². The van der Waals surface area contributed by atoms with Crippen LogP contribution in [0.2, 0.25) is 0 Å². The van der Waals surface area contributed by atoms with Gasteiger partial charge in [0.1, 0.15) is 11.6 Å². The zero-order chi connectivity index (χ0) is 20.6. The largest absolute Gasteiger partial charge is 0.488 e. The molecular weight excluding hydrogens is 347 g/mol. The predicted octanol–water partition coefficient (Wildman–Crippen LogP) is 1.19. The fourth-order valence-corrected chi connectivity index (χ4v) is 2.64. The van der Waals surface area contributed by atoms with Crippen LogP contribution in [0.1, 0.15) is 52.5 Å². The molecule has 1 atom stereocenters. The van der Waals surface area contributed by atoms with Gasteiger partial charge in [-0.3, -0.25) is 9.69 Å². The predicted molar refractivity (Wildman–Crippen MR) is 105 cm³/mol. The first-order valence-corrected chi connectivity index (χ1v) is 9.29. The van der Waals surface area contributed by atoms with Gasteiger partial charge in [0.05, 0.1) is 0 Å². The average Bonchev–Trinajstić information content (AvgIpc) is 2.55. The number of nitrogens with zero attached hydrogens (tertiary/aromatic N) is 1. The van der Waals surface area contributed by atoms with Crippen molar-refractivity contribution in [3.63, 3.8) is 0 Å². The average molecular weight is 378 g/mol. The summed E-state index contributed by atoms with van der Waals surface area (Å²) >= 11 is 0. The number of benzene rings is 1. The summed E-state index contributed by atoms with van der Waals surface area (Å²) in [6.45, 7) is 7.75. The highest BCUT2D eigenvalue weighted by Gasteiger charge is 2.31. The maximum atomic E-state index is 12.7. The summed E-state index contributed by atoms with van der Waals surface area (Å²) in [6, 6.07) is 5.65. The van der Waals surface area contributed by atoms with Gasteiger partial charge in [0, 0.05) is 13.0 Å². The lowest BCUT2D eigenvalue weighted by Crippen LogP contribution is -2.51. The lowest BCUT2D eigenvalue weighted by Gasteiger charge is -2.32. The van der Waals surface area contributed by atoms with Crippen LogP contribution in [0.15, 0.2) is 24.3 Å². The van der Waals surface area contributed by atoms with Gasteiger partial charge in [0.2, 0.25) is 5.91 Å². The number of amides is 2. The van der Waals surface area contributed by atoms with Crippen molar-refractivity contribution in [1.29, 1.82) is 0 Å². The third-order valence-electron chi connectivity index (χ3n) is 4.04. The summed E-state index contributed by atoms with van der Waals surface area (Å²) in [4.78, 5) is 26.2. The smallest absolute Gasteiger partial charge is 0.444 e. The Labute approximate surface area is 161 Å². The van der Waals surface area contributed by atoms with Crippen LogP contribution in [-0.4, -0.2) is 52.3 Å². The zero-order valence-corrected chi connectivity index (χ0v) is 16.6. The Morgan fingerprint density at radius 2 is 1.78 bits per heavy atom. The van der Waals surface area contributed by atoms with E-state index in [0.29, 0.717) is 12.0 Å². The van der Waals surface area contributed by atoms with Crippen LogP contribution in [0, 0.1) is 0 Å². The summed E-state index contributed by atoms with van der Waals surface area (Å²) in [5.41, 5.74) is 6.03. The minimum Gasteiger partial charge on any atom is -0.444 e. The minimum atomic E-state index is -1.56. The molecule has 0 aliphatic heterocycles. The van der Waals surface area contributed by atoms with Crippen LogP contribution in [0.25, 0.3) is 0 Å². The second-order valence-electron chi connectivity index (χ2n) is 7.62. The van der Waals surface area contributed by atoms with Gasteiger partial charge >= 0.3 is 13.2 Å². The third-order valence-corrected chi connectivity index (χ3v) is 4.04. The number of ether oxygens (including phenoxy) is 1. The normalized spacial score (nSPS) is 12.4. The van der Waals surface area contributed by atoms with Crippen molar-refractivity contribution in [1.82, 2.24) is 4.90 Å². The highest BCUT2D eigenvalue weighted by Crippen LogP contribution is 2.16. The highest BCUT2D eigenvalue weighted by molar-refractivity contribution is 6.58. The molecule has 0 saturated heterocycles. The molecule has 1 rings (SSSR count). The maximum absolute atomic E-state index is 12.7. The molecule has 7 nitrogen and oxygen atoms in total. The molecule has 0 saturated carbocycles. The first kappa shape index (κ1) is 23.0. The Bertz CT molecular complexity index is 614. The number of rotatable bonds is 9. The van der Waals surface area contributed by atoms with Crippen molar-refractivity contribution in [2.24, 2.45) is 5.73 Å². The molecule has 8 heteroatoms. The third kappa shape index (κ3) is 8.01. The lowest BCUT2D eigenvalue weighted by molar-refractivity contribution is -0.123. The van der Waals surface area contributed by atoms with Gasteiger partial charge in [-0.25, -0.2) is 4.79 Å². The molecule has 4 N–H and O–H groups in total. The molecule has 0 aliphatic carbocycles. The SMILES string of the molecule is CCCCCN(C(=O)OC(C)(C)C)[C@@H](Cc1ccc(B(O)O)cc1)C(N)=O. The molecule has 1 aromatic carbocycles. The standard InChI is InChI=1S/C19H31BN2O5/c1-5-6-7-12-22(18(24)27-19(2,3)4)16(17(21)23)13-14-8-10-15(11-9-14)20(25)26/h8-11,16,25-26H,5-7,12-13H2,1-4H3,(H2,21,23)/t16-/m0/s1. The molecule has 0 unspecified atom stereocenters. The van der Waals surface area contributed by atoms with Crippen molar-refractivity contribution in [3.05, 3.63) is 29.8 Å². The van der Waals surface area contributed by atoms with E-state index in [-0.39, 0.29) is 6.42 Å². The van der Waals surface area contributed by atoms with E-state index in [9.17, 15) is 19.6 Å². The van der Waals surface area contributed by atoms with Crippen LogP contribution < -0.4 is 11.2 Å². The van der Waals surface area contributed by atoms with E-state index in [2.05, 4.69) is 6.92 Å². The van der Waals surface area contributed by atoms with Gasteiger partial charge in [-0.1, -0.05) is 44.0 Å². The number of hydrogen-bond donors (Lipinski definition) is 3. The van der Waals surface area contributed by atoms with E-state index in [1.165, 1.54) is 4.90 Å². The van der Waals surface area contributed by atoms with E-state index in [4.69, 9.17) is 10.5 Å². The number of primary amides is 1. The van der Waals surface area contributed by atoms with Gasteiger partial charge in [0.15, 0.2) is 0 Å². The molecule has 150 valence electrons. The summed E-state index contributed by atoms with van der Waals surface area (Å²) < 4.78 is 5.46. The maximum Gasteiger partial charge on any atom is 0.488 e. The molecule has 0 aliphatic rings. The first-order chi connectivity index (χ1) is 12.5. The number of carbonyl (C=O) groups excluding carboxylic acids is 2. The van der Waals surface area contributed by atoms with E-state index in [1.54, 1.807) is 45.0 Å². The topological polar surface area (TPSA) is 113 Å². The monoisotopic (exact) mass is 378 g/mol. The zero-order valence-electron chi connectivity index (χ0n) is 16.6. The molecule has 1 aromatic rings. The molecule has 0 fully saturated rings. The van der Waals surface area contributed by atoms with Gasteiger partial charge in [-0.2, -0.15) is 0 Å². The Hall–Kier alpha value is -2.06. The first-order valence-electron chi connectivity index (χ1n) is 9.29. The van der Waals surface area contributed by atoms with Crippen LogP contribution in [-0.2, 0) is 16.0 Å². The van der Waals surface area contributed by atoms with E-state index in [0.717, 1.165) is 24.8 Å². The van der Waals surface area contributed by atoms with E-state index >= 15 is 0 Å². The van der Waals surface area contributed by atoms with Crippen molar-refractivity contribution in [2.45, 2.75) is 65.0 Å². The number of hydrogen-bond acceptors (Lipinski definition) is 5. The second kappa shape index (κ2) is 10.3. The van der Waals surface area contributed by atoms with Gasteiger partial charge < -0.3 is 20.5 Å². The summed E-state index contributed by atoms with van der Waals surface area (Å²) in [5, 5.41) is 18.4. The number of unbranched alkanes of at least 4 members (excludes halogenated alkanes) is 2. The van der Waals surface area contributed by atoms with Crippen LogP contribution in [0.4, 0.5) is 4.79 Å². The Morgan fingerprint density at radius 1 is 1.19 bits per heavy atom. The van der Waals surface area contributed by atoms with Crippen LogP contribution >= 0.6 is 0 Å². The quantitative estimate of drug-likeness (QED) is 0.441. The minimum absolute atomic E-state index is 0.225. The molecule has 0 aromatic heterocycles. The second-order valence-corrected chi connectivity index (χ2v) is 7.62. The Morgan fingerprint density at radius 3 is 2.22 bits per heavy atom. The van der Waals surface area contributed by atoms with Crippen molar-refractivity contribution in [3.8, 4) is 0 Å². The molecule has 0 spiro atoms. The van der Waals surface area contributed by atoms with Crippen molar-refractivity contribution < 1.29 is 24.4 Å². The fraction of sp³-hybridized carbons (Fsp3) is 0.579. The van der Waals surface area contributed by atoms with E-state index in [1.807, 2.05) is 0 Å². The summed E-state index contributed by atoms with van der Waals surface area (Å²) in [5.74, 6) is -0.608. The molecular formula is C19H31BN2O5. The fourth-order valence-electron chi connectivity index (χ4n) is 2.64. The Kier molecular flexibility index (Phi) is 8.79. The van der Waals surface area contributed by atoms with Crippen molar-refractivity contribution in [2.75, 3.05) is 6.54 Å². The van der Waals surface area contributed by atoms with Crippen LogP contribution in [0.3, 0.4) is 0 Å². The molecule has 2 amide bonds. The van der Waals surface area contributed by atoms with Gasteiger partial charge in [0.25, 0.3) is 0 Å². The molecule has 0 bridgehead atoms. The summed E-state index contributed by atoms with van der Waals surface area (Å²) in [7, 11) is -1.56. The number of nitrogens with two attached hydrogens (primary N) is 1. The van der Waals surface area contributed by atoms with E-state index < -0.39 is 30.8 Å². The van der Waals surface area contributed by atoms with Crippen LogP contribution in [0.5, 0.6) is 0 Å². The Balaban J connectivity index is 3.02.